The SMILES string of the molecule is O=C(Nc1ccc(Nc2ncnc3c2ncn3C2CCCCO2)c(F)c1)c1ccccc1F. The van der Waals surface area contributed by atoms with Crippen LogP contribution in [-0.2, 0) is 4.74 Å². The molecule has 1 unspecified atom stereocenters. The van der Waals surface area contributed by atoms with Gasteiger partial charge in [-0.15, -0.1) is 0 Å². The number of hydrogen-bond acceptors (Lipinski definition) is 6. The first kappa shape index (κ1) is 21.0. The molecule has 4 aromatic rings. The number of hydrogen-bond donors (Lipinski definition) is 2. The highest BCUT2D eigenvalue weighted by atomic mass is 19.1. The highest BCUT2D eigenvalue weighted by Crippen LogP contribution is 2.29. The van der Waals surface area contributed by atoms with Crippen LogP contribution in [0.15, 0.2) is 55.1 Å². The van der Waals surface area contributed by atoms with E-state index in [1.54, 1.807) is 12.4 Å². The van der Waals surface area contributed by atoms with Gasteiger partial charge in [-0.05, 0) is 49.6 Å². The van der Waals surface area contributed by atoms with Gasteiger partial charge in [0, 0.05) is 12.3 Å². The lowest BCUT2D eigenvalue weighted by molar-refractivity contribution is -0.0298. The zero-order valence-electron chi connectivity index (χ0n) is 17.5. The molecular weight excluding hydrogens is 430 g/mol. The van der Waals surface area contributed by atoms with Gasteiger partial charge in [0.25, 0.3) is 5.91 Å². The number of imidazole rings is 1. The summed E-state index contributed by atoms with van der Waals surface area (Å²) in [6.07, 6.45) is 5.85. The van der Waals surface area contributed by atoms with Gasteiger partial charge >= 0.3 is 0 Å². The van der Waals surface area contributed by atoms with Crippen LogP contribution in [-0.4, -0.2) is 32.0 Å². The fourth-order valence-corrected chi connectivity index (χ4v) is 3.76. The van der Waals surface area contributed by atoms with Gasteiger partial charge in [-0.1, -0.05) is 12.1 Å². The molecule has 0 spiro atoms. The highest BCUT2D eigenvalue weighted by Gasteiger charge is 2.20. The summed E-state index contributed by atoms with van der Waals surface area (Å²) in [5.41, 5.74) is 1.29. The summed E-state index contributed by atoms with van der Waals surface area (Å²) in [7, 11) is 0. The Morgan fingerprint density at radius 1 is 1.06 bits per heavy atom. The van der Waals surface area contributed by atoms with Crippen LogP contribution in [0.5, 0.6) is 0 Å². The van der Waals surface area contributed by atoms with Crippen LogP contribution >= 0.6 is 0 Å². The summed E-state index contributed by atoms with van der Waals surface area (Å²) >= 11 is 0. The number of carbonyl (C=O) groups is 1. The van der Waals surface area contributed by atoms with Crippen molar-refractivity contribution < 1.29 is 18.3 Å². The average molecular weight is 450 g/mol. The molecule has 2 aromatic heterocycles. The van der Waals surface area contributed by atoms with Gasteiger partial charge < -0.3 is 15.4 Å². The van der Waals surface area contributed by atoms with Gasteiger partial charge in [-0.3, -0.25) is 9.36 Å². The number of benzene rings is 2. The van der Waals surface area contributed by atoms with E-state index in [9.17, 15) is 13.6 Å². The summed E-state index contributed by atoms with van der Waals surface area (Å²) in [6, 6.07) is 9.70. The Morgan fingerprint density at radius 3 is 2.73 bits per heavy atom. The molecule has 2 N–H and O–H groups in total. The van der Waals surface area contributed by atoms with Gasteiger partial charge in [0.2, 0.25) is 0 Å². The number of anilines is 3. The second-order valence-electron chi connectivity index (χ2n) is 7.62. The number of aromatic nitrogens is 4. The van der Waals surface area contributed by atoms with Crippen LogP contribution in [0.2, 0.25) is 0 Å². The Labute approximate surface area is 187 Å². The summed E-state index contributed by atoms with van der Waals surface area (Å²) in [6.45, 7) is 0.686. The number of rotatable bonds is 5. The zero-order chi connectivity index (χ0) is 22.8. The molecule has 0 aliphatic carbocycles. The van der Waals surface area contributed by atoms with E-state index >= 15 is 0 Å². The zero-order valence-corrected chi connectivity index (χ0v) is 17.5. The maximum Gasteiger partial charge on any atom is 0.258 e. The van der Waals surface area contributed by atoms with Crippen molar-refractivity contribution in [1.29, 1.82) is 0 Å². The molecule has 8 nitrogen and oxygen atoms in total. The van der Waals surface area contributed by atoms with E-state index in [1.807, 2.05) is 4.57 Å². The molecule has 1 fully saturated rings. The van der Waals surface area contributed by atoms with Crippen molar-refractivity contribution in [1.82, 2.24) is 19.5 Å². The minimum Gasteiger partial charge on any atom is -0.358 e. The first-order chi connectivity index (χ1) is 16.1. The van der Waals surface area contributed by atoms with Crippen molar-refractivity contribution in [2.45, 2.75) is 25.5 Å². The van der Waals surface area contributed by atoms with Crippen LogP contribution in [0.4, 0.5) is 26.0 Å². The van der Waals surface area contributed by atoms with Crippen molar-refractivity contribution in [3.63, 3.8) is 0 Å². The molecule has 1 saturated heterocycles. The normalized spacial score (nSPS) is 16.0. The quantitative estimate of drug-likeness (QED) is 0.454. The van der Waals surface area contributed by atoms with Gasteiger partial charge in [0.1, 0.15) is 24.2 Å². The molecule has 5 rings (SSSR count). The van der Waals surface area contributed by atoms with E-state index in [1.165, 1.54) is 36.7 Å². The Balaban J connectivity index is 1.36. The fourth-order valence-electron chi connectivity index (χ4n) is 3.76. The lowest BCUT2D eigenvalue weighted by atomic mass is 10.2. The van der Waals surface area contributed by atoms with E-state index in [0.717, 1.165) is 25.3 Å². The molecule has 3 heterocycles. The monoisotopic (exact) mass is 450 g/mol. The lowest BCUT2D eigenvalue weighted by Crippen LogP contribution is -2.17. The molecule has 1 aliphatic heterocycles. The maximum atomic E-state index is 14.8. The molecule has 0 bridgehead atoms. The Morgan fingerprint density at radius 2 is 1.94 bits per heavy atom. The maximum absolute atomic E-state index is 14.8. The number of amides is 1. The third-order valence-electron chi connectivity index (χ3n) is 5.42. The van der Waals surface area contributed by atoms with Gasteiger partial charge in [-0.2, -0.15) is 0 Å². The van der Waals surface area contributed by atoms with Gasteiger partial charge in [-0.25, -0.2) is 23.7 Å². The molecule has 0 saturated carbocycles. The van der Waals surface area contributed by atoms with Crippen LogP contribution in [0.1, 0.15) is 35.8 Å². The molecule has 10 heteroatoms. The summed E-state index contributed by atoms with van der Waals surface area (Å²) < 4.78 is 36.3. The standard InChI is InChI=1S/C23H20F2N6O2/c24-16-6-2-1-5-15(16)23(32)29-14-8-9-18(17(25)11-14)30-21-20-22(27-12-26-21)31(13-28-20)19-7-3-4-10-33-19/h1-2,5-6,8-9,11-13,19H,3-4,7,10H2,(H,29,32)(H,26,27,30). The number of carbonyl (C=O) groups excluding carboxylic acids is 1. The van der Waals surface area contributed by atoms with E-state index in [-0.39, 0.29) is 23.2 Å². The highest BCUT2D eigenvalue weighted by molar-refractivity contribution is 6.04. The van der Waals surface area contributed by atoms with Crippen LogP contribution in [0.3, 0.4) is 0 Å². The predicted octanol–water partition coefficient (Wildman–Crippen LogP) is 4.80. The molecule has 168 valence electrons. The number of halogens is 2. The topological polar surface area (TPSA) is 94.0 Å². The number of ether oxygens (including phenoxy) is 1. The van der Waals surface area contributed by atoms with E-state index in [4.69, 9.17) is 4.74 Å². The van der Waals surface area contributed by atoms with Crippen molar-refractivity contribution in [3.8, 4) is 0 Å². The van der Waals surface area contributed by atoms with Crippen molar-refractivity contribution >= 4 is 34.3 Å². The molecule has 2 aromatic carbocycles. The smallest absolute Gasteiger partial charge is 0.258 e. The molecular formula is C23H20F2N6O2. The first-order valence-corrected chi connectivity index (χ1v) is 10.5. The molecule has 0 radical (unpaired) electrons. The Kier molecular flexibility index (Phi) is 5.66. The first-order valence-electron chi connectivity index (χ1n) is 10.5. The lowest BCUT2D eigenvalue weighted by Gasteiger charge is -2.23. The van der Waals surface area contributed by atoms with Gasteiger partial charge in [0.05, 0.1) is 17.6 Å². The van der Waals surface area contributed by atoms with E-state index in [2.05, 4.69) is 25.6 Å². The van der Waals surface area contributed by atoms with Gasteiger partial charge in [0.15, 0.2) is 17.0 Å². The minimum atomic E-state index is -0.666. The fraction of sp³-hybridized carbons (Fsp3) is 0.217. The second kappa shape index (κ2) is 8.91. The molecule has 1 amide bonds. The molecule has 1 aliphatic rings. The number of nitrogens with zero attached hydrogens (tertiary/aromatic N) is 4. The summed E-state index contributed by atoms with van der Waals surface area (Å²) in [5.74, 6) is -1.60. The summed E-state index contributed by atoms with van der Waals surface area (Å²) in [4.78, 5) is 25.2. The van der Waals surface area contributed by atoms with Crippen LogP contribution in [0.25, 0.3) is 11.2 Å². The predicted molar refractivity (Wildman–Crippen MR) is 118 cm³/mol. The van der Waals surface area contributed by atoms with Crippen molar-refractivity contribution in [2.24, 2.45) is 0 Å². The number of fused-ring (bicyclic) bond motifs is 1. The van der Waals surface area contributed by atoms with Crippen LogP contribution in [0, 0.1) is 11.6 Å². The third kappa shape index (κ3) is 4.24. The van der Waals surface area contributed by atoms with Crippen LogP contribution < -0.4 is 10.6 Å². The van der Waals surface area contributed by atoms with E-state index < -0.39 is 17.5 Å². The minimum absolute atomic E-state index is 0.124. The molecule has 33 heavy (non-hydrogen) atoms. The third-order valence-corrected chi connectivity index (χ3v) is 5.42. The largest absolute Gasteiger partial charge is 0.358 e. The molecule has 1 atom stereocenters. The second-order valence-corrected chi connectivity index (χ2v) is 7.62. The Hall–Kier alpha value is -3.92. The average Bonchev–Trinajstić information content (AvgIpc) is 3.27. The summed E-state index contributed by atoms with van der Waals surface area (Å²) in [5, 5.41) is 5.44. The van der Waals surface area contributed by atoms with E-state index in [0.29, 0.717) is 23.6 Å². The Bertz CT molecular complexity index is 1320. The number of nitrogens with one attached hydrogen (secondary N) is 2. The van der Waals surface area contributed by atoms with Crippen molar-refractivity contribution in [3.05, 3.63) is 72.3 Å². The van der Waals surface area contributed by atoms with Crippen molar-refractivity contribution in [2.75, 3.05) is 17.2 Å².